The summed E-state index contributed by atoms with van der Waals surface area (Å²) < 4.78 is 5.79. The lowest BCUT2D eigenvalue weighted by molar-refractivity contribution is -0.118. The largest absolute Gasteiger partial charge is 0.418 e. The number of Topliss-reactive ketones (excluding diaryl/α,β-unsaturated/α-hetero) is 1. The minimum atomic E-state index is -0.900. The summed E-state index contributed by atoms with van der Waals surface area (Å²) in [5, 5.41) is 23.5. The highest BCUT2D eigenvalue weighted by Crippen LogP contribution is 2.31. The van der Waals surface area contributed by atoms with E-state index < -0.39 is 6.04 Å². The number of carbonyl (C=O) groups excluding carboxylic acids is 2. The van der Waals surface area contributed by atoms with Crippen LogP contribution >= 0.6 is 11.6 Å². The van der Waals surface area contributed by atoms with Crippen LogP contribution in [0.3, 0.4) is 0 Å². The monoisotopic (exact) mass is 485 g/mol. The van der Waals surface area contributed by atoms with Crippen LogP contribution in [-0.4, -0.2) is 21.9 Å². The van der Waals surface area contributed by atoms with Crippen LogP contribution in [0.1, 0.15) is 40.3 Å². The Balaban J connectivity index is 1.51. The Morgan fingerprint density at radius 2 is 1.74 bits per heavy atom. The van der Waals surface area contributed by atoms with E-state index in [9.17, 15) is 9.59 Å². The summed E-state index contributed by atoms with van der Waals surface area (Å²) in [6, 6.07) is 20.2. The number of halogens is 1. The van der Waals surface area contributed by atoms with Crippen molar-refractivity contribution in [2.75, 3.05) is 10.6 Å². The van der Waals surface area contributed by atoms with Crippen molar-refractivity contribution in [1.82, 2.24) is 10.2 Å². The third-order valence-corrected chi connectivity index (χ3v) is 5.81. The van der Waals surface area contributed by atoms with E-state index in [0.29, 0.717) is 38.7 Å². The normalized spacial score (nSPS) is 11.4. The average molecular weight is 486 g/mol. The molecule has 3 aromatic carbocycles. The summed E-state index contributed by atoms with van der Waals surface area (Å²) in [6.07, 6.45) is 0. The first-order chi connectivity index (χ1) is 16.9. The predicted molar refractivity (Wildman–Crippen MR) is 132 cm³/mol. The van der Waals surface area contributed by atoms with Crippen molar-refractivity contribution in [1.29, 1.82) is 5.26 Å². The number of nitriles is 1. The third-order valence-electron chi connectivity index (χ3n) is 5.33. The van der Waals surface area contributed by atoms with Gasteiger partial charge in [-0.15, -0.1) is 10.2 Å². The highest BCUT2D eigenvalue weighted by molar-refractivity contribution is 6.32. The molecule has 0 spiro atoms. The molecule has 0 radical (unpaired) electrons. The Kier molecular flexibility index (Phi) is 6.90. The number of rotatable bonds is 7. The van der Waals surface area contributed by atoms with E-state index in [2.05, 4.69) is 20.8 Å². The molecule has 0 aliphatic carbocycles. The van der Waals surface area contributed by atoms with Crippen molar-refractivity contribution in [3.63, 3.8) is 0 Å². The van der Waals surface area contributed by atoms with E-state index in [1.165, 1.54) is 6.92 Å². The van der Waals surface area contributed by atoms with E-state index in [0.717, 1.165) is 0 Å². The first-order valence-corrected chi connectivity index (χ1v) is 11.0. The van der Waals surface area contributed by atoms with Crippen LogP contribution in [0.25, 0.3) is 11.5 Å². The van der Waals surface area contributed by atoms with Gasteiger partial charge in [0, 0.05) is 22.5 Å². The lowest BCUT2D eigenvalue weighted by Gasteiger charge is -2.16. The molecule has 1 aromatic heterocycles. The zero-order valence-corrected chi connectivity index (χ0v) is 19.6. The van der Waals surface area contributed by atoms with Gasteiger partial charge in [-0.05, 0) is 67.9 Å². The standard InChI is InChI=1S/C26H20ClN5O3/c1-15-21(13-10-19(14-28)22(15)27)30-23(16(2)33)26-32-31-25(35-26)18-8-11-20(12-9-18)29-24(34)17-6-4-3-5-7-17/h3-13,23,30H,1-2H3,(H,29,34)/t23-/m1/s1. The van der Waals surface area contributed by atoms with Crippen molar-refractivity contribution in [2.45, 2.75) is 19.9 Å². The minimum Gasteiger partial charge on any atom is -0.418 e. The van der Waals surface area contributed by atoms with Gasteiger partial charge >= 0.3 is 0 Å². The molecule has 174 valence electrons. The molecule has 0 fully saturated rings. The zero-order valence-electron chi connectivity index (χ0n) is 18.9. The lowest BCUT2D eigenvalue weighted by Crippen LogP contribution is -2.19. The molecule has 0 aliphatic heterocycles. The van der Waals surface area contributed by atoms with Crippen LogP contribution in [0.15, 0.2) is 71.1 Å². The van der Waals surface area contributed by atoms with Crippen LogP contribution in [-0.2, 0) is 4.79 Å². The summed E-state index contributed by atoms with van der Waals surface area (Å²) >= 11 is 6.25. The molecule has 0 bridgehead atoms. The summed E-state index contributed by atoms with van der Waals surface area (Å²) in [4.78, 5) is 24.7. The van der Waals surface area contributed by atoms with Crippen molar-refractivity contribution >= 4 is 34.7 Å². The highest BCUT2D eigenvalue weighted by atomic mass is 35.5. The number of benzene rings is 3. The van der Waals surface area contributed by atoms with Gasteiger partial charge in [0.05, 0.1) is 10.6 Å². The van der Waals surface area contributed by atoms with Gasteiger partial charge in [0.25, 0.3) is 5.91 Å². The fourth-order valence-electron chi connectivity index (χ4n) is 3.38. The molecule has 35 heavy (non-hydrogen) atoms. The van der Waals surface area contributed by atoms with Crippen molar-refractivity contribution in [3.05, 3.63) is 94.3 Å². The SMILES string of the molecule is CC(=O)[C@@H](Nc1ccc(C#N)c(Cl)c1C)c1nnc(-c2ccc(NC(=O)c3ccccc3)cc2)o1. The number of carbonyl (C=O) groups is 2. The molecule has 9 heteroatoms. The Bertz CT molecular complexity index is 1430. The van der Waals surface area contributed by atoms with Gasteiger partial charge in [0.1, 0.15) is 6.07 Å². The number of nitrogens with one attached hydrogen (secondary N) is 2. The highest BCUT2D eigenvalue weighted by Gasteiger charge is 2.25. The van der Waals surface area contributed by atoms with Crippen molar-refractivity contribution in [2.24, 2.45) is 0 Å². The quantitative estimate of drug-likeness (QED) is 0.351. The maximum Gasteiger partial charge on any atom is 0.255 e. The summed E-state index contributed by atoms with van der Waals surface area (Å²) in [5.74, 6) is -0.136. The van der Waals surface area contributed by atoms with E-state index in [4.69, 9.17) is 21.3 Å². The van der Waals surface area contributed by atoms with E-state index in [1.807, 2.05) is 12.1 Å². The Morgan fingerprint density at radius 3 is 2.40 bits per heavy atom. The molecule has 2 N–H and O–H groups in total. The van der Waals surface area contributed by atoms with Gasteiger partial charge in [0.15, 0.2) is 11.8 Å². The number of ketones is 1. The van der Waals surface area contributed by atoms with Crippen LogP contribution in [0.5, 0.6) is 0 Å². The van der Waals surface area contributed by atoms with Gasteiger partial charge in [0.2, 0.25) is 11.8 Å². The van der Waals surface area contributed by atoms with Gasteiger partial charge in [-0.1, -0.05) is 29.8 Å². The van der Waals surface area contributed by atoms with Crippen LogP contribution in [0.4, 0.5) is 11.4 Å². The average Bonchev–Trinajstić information content (AvgIpc) is 3.35. The number of nitrogens with zero attached hydrogens (tertiary/aromatic N) is 3. The molecule has 1 amide bonds. The number of hydrogen-bond donors (Lipinski definition) is 2. The summed E-state index contributed by atoms with van der Waals surface area (Å²) in [7, 11) is 0. The smallest absolute Gasteiger partial charge is 0.255 e. The van der Waals surface area contributed by atoms with Gasteiger partial charge in [-0.2, -0.15) is 5.26 Å². The Morgan fingerprint density at radius 1 is 1.03 bits per heavy atom. The molecule has 8 nitrogen and oxygen atoms in total. The molecular weight excluding hydrogens is 466 g/mol. The molecule has 0 saturated carbocycles. The van der Waals surface area contributed by atoms with Crippen LogP contribution in [0.2, 0.25) is 5.02 Å². The molecular formula is C26H20ClN5O3. The van der Waals surface area contributed by atoms with Gasteiger partial charge < -0.3 is 15.1 Å². The minimum absolute atomic E-state index is 0.0915. The fourth-order valence-corrected chi connectivity index (χ4v) is 3.58. The second-order valence-corrected chi connectivity index (χ2v) is 8.12. The first-order valence-electron chi connectivity index (χ1n) is 10.6. The van der Waals surface area contributed by atoms with Crippen molar-refractivity contribution in [3.8, 4) is 17.5 Å². The Hall–Kier alpha value is -4.48. The van der Waals surface area contributed by atoms with E-state index >= 15 is 0 Å². The number of anilines is 2. The maximum atomic E-state index is 12.4. The molecule has 0 saturated heterocycles. The maximum absolute atomic E-state index is 12.4. The number of aromatic nitrogens is 2. The molecule has 1 atom stereocenters. The molecule has 4 rings (SSSR count). The van der Waals surface area contributed by atoms with E-state index in [1.54, 1.807) is 67.6 Å². The fraction of sp³-hybridized carbons (Fsp3) is 0.115. The lowest BCUT2D eigenvalue weighted by atomic mass is 10.1. The van der Waals surface area contributed by atoms with Crippen molar-refractivity contribution < 1.29 is 14.0 Å². The van der Waals surface area contributed by atoms with Gasteiger partial charge in [-0.3, -0.25) is 9.59 Å². The molecule has 1 heterocycles. The third kappa shape index (κ3) is 5.21. The topological polar surface area (TPSA) is 121 Å². The van der Waals surface area contributed by atoms with E-state index in [-0.39, 0.29) is 23.5 Å². The Labute approximate surface area is 206 Å². The zero-order chi connectivity index (χ0) is 24.9. The molecule has 0 unspecified atom stereocenters. The van der Waals surface area contributed by atoms with Crippen LogP contribution in [0, 0.1) is 18.3 Å². The summed E-state index contributed by atoms with van der Waals surface area (Å²) in [6.45, 7) is 3.16. The molecule has 0 aliphatic rings. The van der Waals surface area contributed by atoms with Gasteiger partial charge in [-0.25, -0.2) is 0 Å². The molecule has 4 aromatic rings. The van der Waals surface area contributed by atoms with Crippen LogP contribution < -0.4 is 10.6 Å². The summed E-state index contributed by atoms with van der Waals surface area (Å²) in [5.41, 5.74) is 3.34. The first kappa shape index (κ1) is 23.7. The second-order valence-electron chi connectivity index (χ2n) is 7.74. The predicted octanol–water partition coefficient (Wildman–Crippen LogP) is 5.56. The number of amides is 1. The number of hydrogen-bond acceptors (Lipinski definition) is 7. The second kappa shape index (κ2) is 10.2.